The molecule has 0 heterocycles. The molecule has 0 fully saturated rings. The predicted molar refractivity (Wildman–Crippen MR) is 55.2 cm³/mol. The first-order valence-electron chi connectivity index (χ1n) is 5.02. The van der Waals surface area contributed by atoms with Crippen LogP contribution < -0.4 is 0 Å². The summed E-state index contributed by atoms with van der Waals surface area (Å²) in [7, 11) is 0. The van der Waals surface area contributed by atoms with Crippen LogP contribution in [0.1, 0.15) is 46.0 Å². The first-order chi connectivity index (χ1) is 6.57. The highest BCUT2D eigenvalue weighted by molar-refractivity contribution is 5.98. The summed E-state index contributed by atoms with van der Waals surface area (Å²) < 4.78 is 0. The summed E-state index contributed by atoms with van der Waals surface area (Å²) in [6.07, 6.45) is 5.83. The number of aliphatic carboxylic acids is 1. The predicted octanol–water partition coefficient (Wildman–Crippen LogP) is 2.56. The molecule has 0 rings (SSSR count). The van der Waals surface area contributed by atoms with Crippen molar-refractivity contribution in [3.8, 4) is 0 Å². The van der Waals surface area contributed by atoms with Crippen LogP contribution in [0.5, 0.6) is 0 Å². The number of allylic oxidation sites excluding steroid dienone is 1. The van der Waals surface area contributed by atoms with Crippen LogP contribution in [0.25, 0.3) is 0 Å². The SMILES string of the molecule is CCCCCC/C(=C/C(=O)O)C(C)=O. The van der Waals surface area contributed by atoms with Crippen LogP contribution in [0.3, 0.4) is 0 Å². The lowest BCUT2D eigenvalue weighted by molar-refractivity contribution is -0.131. The van der Waals surface area contributed by atoms with Crippen molar-refractivity contribution in [1.82, 2.24) is 0 Å². The summed E-state index contributed by atoms with van der Waals surface area (Å²) in [5.41, 5.74) is 0.425. The first-order valence-corrected chi connectivity index (χ1v) is 5.02. The fourth-order valence-electron chi connectivity index (χ4n) is 1.24. The van der Waals surface area contributed by atoms with Gasteiger partial charge in [0.15, 0.2) is 5.78 Å². The van der Waals surface area contributed by atoms with E-state index >= 15 is 0 Å². The van der Waals surface area contributed by atoms with Crippen LogP contribution in [0.15, 0.2) is 11.6 Å². The number of unbranched alkanes of at least 4 members (excludes halogenated alkanes) is 3. The lowest BCUT2D eigenvalue weighted by Gasteiger charge is -2.01. The number of carbonyl (C=O) groups is 2. The molecule has 3 heteroatoms. The zero-order chi connectivity index (χ0) is 11.0. The van der Waals surface area contributed by atoms with Gasteiger partial charge < -0.3 is 5.11 Å². The number of hydrogen-bond donors (Lipinski definition) is 1. The van der Waals surface area contributed by atoms with E-state index in [0.717, 1.165) is 31.8 Å². The van der Waals surface area contributed by atoms with Crippen molar-refractivity contribution < 1.29 is 14.7 Å². The lowest BCUT2D eigenvalue weighted by Crippen LogP contribution is -2.01. The van der Waals surface area contributed by atoms with Gasteiger partial charge >= 0.3 is 5.97 Å². The van der Waals surface area contributed by atoms with Gasteiger partial charge in [0.1, 0.15) is 0 Å². The molecule has 0 atom stereocenters. The van der Waals surface area contributed by atoms with Crippen LogP contribution in [0.2, 0.25) is 0 Å². The smallest absolute Gasteiger partial charge is 0.328 e. The number of carboxylic acid groups (broad SMARTS) is 1. The minimum absolute atomic E-state index is 0.135. The molecule has 0 aliphatic heterocycles. The molecule has 14 heavy (non-hydrogen) atoms. The number of carboxylic acids is 1. The molecule has 0 aliphatic carbocycles. The fourth-order valence-corrected chi connectivity index (χ4v) is 1.24. The molecule has 0 amide bonds. The van der Waals surface area contributed by atoms with E-state index in [-0.39, 0.29) is 5.78 Å². The highest BCUT2D eigenvalue weighted by Gasteiger charge is 2.05. The second-order valence-electron chi connectivity index (χ2n) is 3.37. The van der Waals surface area contributed by atoms with Crippen molar-refractivity contribution in [2.45, 2.75) is 46.0 Å². The highest BCUT2D eigenvalue weighted by Crippen LogP contribution is 2.10. The number of rotatable bonds is 7. The molecule has 0 spiro atoms. The summed E-state index contributed by atoms with van der Waals surface area (Å²) in [5.74, 6) is -1.17. The molecule has 0 bridgehead atoms. The number of Topliss-reactive ketones (excluding diaryl/α,β-unsaturated/α-hetero) is 1. The quantitative estimate of drug-likeness (QED) is 0.505. The molecule has 1 N–H and O–H groups in total. The maximum atomic E-state index is 11.0. The number of ketones is 1. The zero-order valence-corrected chi connectivity index (χ0v) is 8.88. The molecular formula is C11H18O3. The van der Waals surface area contributed by atoms with Gasteiger partial charge in [-0.05, 0) is 19.8 Å². The second-order valence-corrected chi connectivity index (χ2v) is 3.37. The van der Waals surface area contributed by atoms with E-state index in [1.807, 2.05) is 0 Å². The van der Waals surface area contributed by atoms with E-state index in [0.29, 0.717) is 12.0 Å². The minimum atomic E-state index is -1.04. The van der Waals surface area contributed by atoms with E-state index in [4.69, 9.17) is 5.11 Å². The van der Waals surface area contributed by atoms with Crippen molar-refractivity contribution in [1.29, 1.82) is 0 Å². The molecular weight excluding hydrogens is 180 g/mol. The standard InChI is InChI=1S/C11H18O3/c1-3-4-5-6-7-10(9(2)12)8-11(13)14/h8H,3-7H2,1-2H3,(H,13,14)/b10-8-. The molecule has 0 saturated carbocycles. The molecule has 0 unspecified atom stereocenters. The van der Waals surface area contributed by atoms with Gasteiger partial charge in [-0.3, -0.25) is 4.79 Å². The summed E-state index contributed by atoms with van der Waals surface area (Å²) in [4.78, 5) is 21.4. The maximum absolute atomic E-state index is 11.0. The van der Waals surface area contributed by atoms with Crippen LogP contribution in [-0.4, -0.2) is 16.9 Å². The van der Waals surface area contributed by atoms with Crippen molar-refractivity contribution in [2.75, 3.05) is 0 Å². The molecule has 3 nitrogen and oxygen atoms in total. The van der Waals surface area contributed by atoms with Gasteiger partial charge in [-0.15, -0.1) is 0 Å². The third-order valence-corrected chi connectivity index (χ3v) is 2.05. The third kappa shape index (κ3) is 6.40. The average molecular weight is 198 g/mol. The van der Waals surface area contributed by atoms with Crippen molar-refractivity contribution in [3.63, 3.8) is 0 Å². The second kappa shape index (κ2) is 7.30. The lowest BCUT2D eigenvalue weighted by atomic mass is 10.0. The normalized spacial score (nSPS) is 11.4. The van der Waals surface area contributed by atoms with E-state index < -0.39 is 5.97 Å². The highest BCUT2D eigenvalue weighted by atomic mass is 16.4. The van der Waals surface area contributed by atoms with Gasteiger partial charge in [-0.25, -0.2) is 4.79 Å². The Hall–Kier alpha value is -1.12. The Balaban J connectivity index is 3.99. The summed E-state index contributed by atoms with van der Waals surface area (Å²) in [6, 6.07) is 0. The molecule has 0 saturated heterocycles. The molecule has 0 aromatic rings. The van der Waals surface area contributed by atoms with Gasteiger partial charge in [0, 0.05) is 11.6 Å². The fraction of sp³-hybridized carbons (Fsp3) is 0.636. The maximum Gasteiger partial charge on any atom is 0.328 e. The van der Waals surface area contributed by atoms with Crippen LogP contribution in [-0.2, 0) is 9.59 Å². The van der Waals surface area contributed by atoms with E-state index in [9.17, 15) is 9.59 Å². The monoisotopic (exact) mass is 198 g/mol. The van der Waals surface area contributed by atoms with E-state index in [2.05, 4.69) is 6.92 Å². The van der Waals surface area contributed by atoms with E-state index in [1.54, 1.807) is 0 Å². The molecule has 0 aromatic carbocycles. The number of carbonyl (C=O) groups excluding carboxylic acids is 1. The Labute approximate surface area is 84.8 Å². The summed E-state index contributed by atoms with van der Waals surface area (Å²) in [5, 5.41) is 8.51. The van der Waals surface area contributed by atoms with E-state index in [1.165, 1.54) is 6.92 Å². The van der Waals surface area contributed by atoms with Crippen molar-refractivity contribution in [2.24, 2.45) is 0 Å². The molecule has 0 aromatic heterocycles. The Kier molecular flexibility index (Phi) is 6.72. The largest absolute Gasteiger partial charge is 0.478 e. The first kappa shape index (κ1) is 12.9. The number of hydrogen-bond acceptors (Lipinski definition) is 2. The van der Waals surface area contributed by atoms with Crippen molar-refractivity contribution >= 4 is 11.8 Å². The van der Waals surface area contributed by atoms with Crippen LogP contribution >= 0.6 is 0 Å². The van der Waals surface area contributed by atoms with Gasteiger partial charge in [-0.2, -0.15) is 0 Å². The van der Waals surface area contributed by atoms with Gasteiger partial charge in [0.2, 0.25) is 0 Å². The molecule has 80 valence electrons. The Morgan fingerprint density at radius 3 is 2.29 bits per heavy atom. The Bertz CT molecular complexity index is 229. The van der Waals surface area contributed by atoms with Crippen LogP contribution in [0, 0.1) is 0 Å². The van der Waals surface area contributed by atoms with Gasteiger partial charge in [-0.1, -0.05) is 26.2 Å². The molecule has 0 radical (unpaired) electrons. The summed E-state index contributed by atoms with van der Waals surface area (Å²) in [6.45, 7) is 3.52. The summed E-state index contributed by atoms with van der Waals surface area (Å²) >= 11 is 0. The minimum Gasteiger partial charge on any atom is -0.478 e. The molecule has 0 aliphatic rings. The van der Waals surface area contributed by atoms with Crippen molar-refractivity contribution in [3.05, 3.63) is 11.6 Å². The Morgan fingerprint density at radius 1 is 1.21 bits per heavy atom. The van der Waals surface area contributed by atoms with Crippen LogP contribution in [0.4, 0.5) is 0 Å². The van der Waals surface area contributed by atoms with Gasteiger partial charge in [0.05, 0.1) is 0 Å². The third-order valence-electron chi connectivity index (χ3n) is 2.05. The van der Waals surface area contributed by atoms with Gasteiger partial charge in [0.25, 0.3) is 0 Å². The topological polar surface area (TPSA) is 54.4 Å². The zero-order valence-electron chi connectivity index (χ0n) is 8.88. The Morgan fingerprint density at radius 2 is 1.86 bits per heavy atom. The average Bonchev–Trinajstić information content (AvgIpc) is 2.09.